The Morgan fingerprint density at radius 3 is 2.70 bits per heavy atom. The van der Waals surface area contributed by atoms with Crippen LogP contribution in [0.2, 0.25) is 0 Å². The summed E-state index contributed by atoms with van der Waals surface area (Å²) in [5.74, 6) is 3.47. The molecule has 1 aliphatic rings. The van der Waals surface area contributed by atoms with Crippen LogP contribution in [0.25, 0.3) is 0 Å². The molecule has 1 fully saturated rings. The van der Waals surface area contributed by atoms with E-state index < -0.39 is 0 Å². The zero-order valence-corrected chi connectivity index (χ0v) is 13.3. The van der Waals surface area contributed by atoms with Crippen LogP contribution in [0.1, 0.15) is 52.3 Å². The van der Waals surface area contributed by atoms with Gasteiger partial charge in [0.15, 0.2) is 0 Å². The molecule has 1 aromatic heterocycles. The highest BCUT2D eigenvalue weighted by molar-refractivity contribution is 4.91. The second-order valence-electron chi connectivity index (χ2n) is 6.55. The fraction of sp³-hybridized carbons (Fsp3) is 0.875. The molecule has 4 nitrogen and oxygen atoms in total. The van der Waals surface area contributed by atoms with Crippen molar-refractivity contribution < 1.29 is 0 Å². The molecule has 1 N–H and O–H groups in total. The van der Waals surface area contributed by atoms with Crippen molar-refractivity contribution >= 4 is 0 Å². The zero-order chi connectivity index (χ0) is 14.4. The monoisotopic (exact) mass is 278 g/mol. The third-order valence-electron chi connectivity index (χ3n) is 4.47. The first-order chi connectivity index (χ1) is 9.70. The van der Waals surface area contributed by atoms with Crippen LogP contribution in [0.4, 0.5) is 0 Å². The van der Waals surface area contributed by atoms with E-state index in [1.54, 1.807) is 6.33 Å². The SMILES string of the molecule is CCn1ncnc1CC(CNCC(C)C)C1CCCC1. The molecular weight excluding hydrogens is 248 g/mol. The van der Waals surface area contributed by atoms with Gasteiger partial charge in [-0.25, -0.2) is 4.98 Å². The number of aromatic nitrogens is 3. The number of rotatable bonds is 8. The van der Waals surface area contributed by atoms with Crippen LogP contribution >= 0.6 is 0 Å². The van der Waals surface area contributed by atoms with Crippen LogP contribution in [0.3, 0.4) is 0 Å². The standard InChI is InChI=1S/C16H30N4/c1-4-20-16(18-12-19-20)9-15(11-17-10-13(2)3)14-7-5-6-8-14/h12-15,17H,4-11H2,1-3H3. The van der Waals surface area contributed by atoms with Crippen molar-refractivity contribution in [2.75, 3.05) is 13.1 Å². The largest absolute Gasteiger partial charge is 0.316 e. The van der Waals surface area contributed by atoms with E-state index in [4.69, 9.17) is 0 Å². The summed E-state index contributed by atoms with van der Waals surface area (Å²) in [5, 5.41) is 7.96. The van der Waals surface area contributed by atoms with Crippen LogP contribution < -0.4 is 5.32 Å². The van der Waals surface area contributed by atoms with Crippen molar-refractivity contribution in [2.45, 2.75) is 59.4 Å². The fourth-order valence-electron chi connectivity index (χ4n) is 3.34. The predicted octanol–water partition coefficient (Wildman–Crippen LogP) is 2.89. The maximum atomic E-state index is 4.47. The highest BCUT2D eigenvalue weighted by atomic mass is 15.3. The minimum Gasteiger partial charge on any atom is -0.316 e. The average Bonchev–Trinajstić information content (AvgIpc) is 3.08. The number of hydrogen-bond donors (Lipinski definition) is 1. The highest BCUT2D eigenvalue weighted by Gasteiger charge is 2.26. The van der Waals surface area contributed by atoms with E-state index >= 15 is 0 Å². The van der Waals surface area contributed by atoms with Gasteiger partial charge in [-0.1, -0.05) is 39.5 Å². The Kier molecular flexibility index (Phi) is 6.02. The number of aryl methyl sites for hydroxylation is 1. The summed E-state index contributed by atoms with van der Waals surface area (Å²) in [7, 11) is 0. The lowest BCUT2D eigenvalue weighted by Crippen LogP contribution is -2.32. The summed E-state index contributed by atoms with van der Waals surface area (Å²) >= 11 is 0. The molecule has 4 heteroatoms. The molecule has 0 aliphatic heterocycles. The van der Waals surface area contributed by atoms with E-state index in [9.17, 15) is 0 Å². The third kappa shape index (κ3) is 4.30. The van der Waals surface area contributed by atoms with Gasteiger partial charge in [0.25, 0.3) is 0 Å². The van der Waals surface area contributed by atoms with Gasteiger partial charge in [-0.05, 0) is 37.8 Å². The smallest absolute Gasteiger partial charge is 0.138 e. The lowest BCUT2D eigenvalue weighted by atomic mass is 9.87. The fourth-order valence-corrected chi connectivity index (χ4v) is 3.34. The first kappa shape index (κ1) is 15.5. The summed E-state index contributed by atoms with van der Waals surface area (Å²) in [6.07, 6.45) is 8.38. The number of hydrogen-bond acceptors (Lipinski definition) is 3. The van der Waals surface area contributed by atoms with E-state index in [2.05, 4.69) is 36.2 Å². The molecule has 1 unspecified atom stereocenters. The molecule has 0 radical (unpaired) electrons. The second-order valence-corrected chi connectivity index (χ2v) is 6.55. The Morgan fingerprint density at radius 2 is 2.05 bits per heavy atom. The lowest BCUT2D eigenvalue weighted by Gasteiger charge is -2.24. The first-order valence-electron chi connectivity index (χ1n) is 8.28. The number of nitrogens with one attached hydrogen (secondary N) is 1. The van der Waals surface area contributed by atoms with Crippen molar-refractivity contribution in [3.63, 3.8) is 0 Å². The Morgan fingerprint density at radius 1 is 1.30 bits per heavy atom. The molecular formula is C16H30N4. The Bertz CT molecular complexity index is 380. The molecule has 1 aliphatic carbocycles. The maximum absolute atomic E-state index is 4.47. The maximum Gasteiger partial charge on any atom is 0.138 e. The molecule has 2 rings (SSSR count). The van der Waals surface area contributed by atoms with Gasteiger partial charge in [0, 0.05) is 13.0 Å². The third-order valence-corrected chi connectivity index (χ3v) is 4.47. The molecule has 0 aromatic carbocycles. The van der Waals surface area contributed by atoms with E-state index in [0.29, 0.717) is 5.92 Å². The quantitative estimate of drug-likeness (QED) is 0.795. The molecule has 0 saturated heterocycles. The Hall–Kier alpha value is -0.900. The molecule has 0 spiro atoms. The zero-order valence-electron chi connectivity index (χ0n) is 13.3. The molecule has 1 saturated carbocycles. The van der Waals surface area contributed by atoms with E-state index in [-0.39, 0.29) is 0 Å². The Labute approximate surface area is 123 Å². The van der Waals surface area contributed by atoms with Crippen molar-refractivity contribution in [2.24, 2.45) is 17.8 Å². The van der Waals surface area contributed by atoms with Gasteiger partial charge in [0.05, 0.1) is 0 Å². The topological polar surface area (TPSA) is 42.7 Å². The normalized spacial score (nSPS) is 18.0. The molecule has 1 heterocycles. The van der Waals surface area contributed by atoms with Crippen molar-refractivity contribution in [3.05, 3.63) is 12.2 Å². The van der Waals surface area contributed by atoms with E-state index in [1.165, 1.54) is 25.7 Å². The molecule has 1 aromatic rings. The minimum atomic E-state index is 0.714. The summed E-state index contributed by atoms with van der Waals surface area (Å²) in [6.45, 7) is 9.84. The van der Waals surface area contributed by atoms with E-state index in [1.807, 2.05) is 4.68 Å². The van der Waals surface area contributed by atoms with Gasteiger partial charge >= 0.3 is 0 Å². The molecule has 0 bridgehead atoms. The van der Waals surface area contributed by atoms with Gasteiger partial charge in [-0.3, -0.25) is 4.68 Å². The summed E-state index contributed by atoms with van der Waals surface area (Å²) < 4.78 is 2.05. The number of nitrogens with zero attached hydrogens (tertiary/aromatic N) is 3. The highest BCUT2D eigenvalue weighted by Crippen LogP contribution is 2.32. The molecule has 20 heavy (non-hydrogen) atoms. The van der Waals surface area contributed by atoms with E-state index in [0.717, 1.165) is 43.7 Å². The van der Waals surface area contributed by atoms with Gasteiger partial charge in [-0.15, -0.1) is 0 Å². The van der Waals surface area contributed by atoms with Crippen molar-refractivity contribution in [1.82, 2.24) is 20.1 Å². The Balaban J connectivity index is 1.94. The molecule has 114 valence electrons. The average molecular weight is 278 g/mol. The summed E-state index contributed by atoms with van der Waals surface area (Å²) in [6, 6.07) is 0. The van der Waals surface area contributed by atoms with Crippen LogP contribution in [0.5, 0.6) is 0 Å². The van der Waals surface area contributed by atoms with Gasteiger partial charge in [-0.2, -0.15) is 5.10 Å². The lowest BCUT2D eigenvalue weighted by molar-refractivity contribution is 0.307. The molecule has 1 atom stereocenters. The van der Waals surface area contributed by atoms with Crippen LogP contribution in [0.15, 0.2) is 6.33 Å². The second kappa shape index (κ2) is 7.77. The van der Waals surface area contributed by atoms with Gasteiger partial charge in [0.2, 0.25) is 0 Å². The van der Waals surface area contributed by atoms with Crippen LogP contribution in [0, 0.1) is 17.8 Å². The van der Waals surface area contributed by atoms with Gasteiger partial charge < -0.3 is 5.32 Å². The van der Waals surface area contributed by atoms with Crippen LogP contribution in [-0.2, 0) is 13.0 Å². The summed E-state index contributed by atoms with van der Waals surface area (Å²) in [5.41, 5.74) is 0. The predicted molar refractivity (Wildman–Crippen MR) is 82.6 cm³/mol. The minimum absolute atomic E-state index is 0.714. The van der Waals surface area contributed by atoms with Crippen molar-refractivity contribution in [1.29, 1.82) is 0 Å². The van der Waals surface area contributed by atoms with Crippen molar-refractivity contribution in [3.8, 4) is 0 Å². The van der Waals surface area contributed by atoms with Gasteiger partial charge in [0.1, 0.15) is 12.2 Å². The summed E-state index contributed by atoms with van der Waals surface area (Å²) in [4.78, 5) is 4.47. The molecule has 0 amide bonds. The van der Waals surface area contributed by atoms with Crippen LogP contribution in [-0.4, -0.2) is 27.9 Å². The first-order valence-corrected chi connectivity index (χ1v) is 8.28.